The first-order valence-corrected chi connectivity index (χ1v) is 10.1. The molecule has 2 aliphatic heterocycles. The lowest BCUT2D eigenvalue weighted by atomic mass is 9.85. The van der Waals surface area contributed by atoms with Gasteiger partial charge in [0, 0.05) is 12.1 Å². The highest BCUT2D eigenvalue weighted by Crippen LogP contribution is 2.43. The van der Waals surface area contributed by atoms with Gasteiger partial charge in [-0.1, -0.05) is 19.9 Å². The monoisotopic (exact) mass is 393 g/mol. The van der Waals surface area contributed by atoms with Crippen LogP contribution in [0.4, 0.5) is 9.18 Å². The van der Waals surface area contributed by atoms with Gasteiger partial charge in [-0.05, 0) is 70.1 Å². The fourth-order valence-corrected chi connectivity index (χ4v) is 4.12. The second-order valence-corrected chi connectivity index (χ2v) is 8.17. The summed E-state index contributed by atoms with van der Waals surface area (Å²) in [5.41, 5.74) is 0.307. The van der Waals surface area contributed by atoms with Gasteiger partial charge in [-0.2, -0.15) is 0 Å². The zero-order valence-corrected chi connectivity index (χ0v) is 17.8. The Morgan fingerprint density at radius 3 is 2.14 bits per heavy atom. The molecule has 156 valence electrons. The van der Waals surface area contributed by atoms with Gasteiger partial charge in [0.05, 0.1) is 12.7 Å². The van der Waals surface area contributed by atoms with E-state index in [1.165, 1.54) is 19.2 Å². The van der Waals surface area contributed by atoms with E-state index in [1.54, 1.807) is 6.07 Å². The Bertz CT molecular complexity index is 699. The van der Waals surface area contributed by atoms with Crippen LogP contribution < -0.4 is 0 Å². The predicted molar refractivity (Wildman–Crippen MR) is 106 cm³/mol. The highest BCUT2D eigenvalue weighted by atomic mass is 19.1. The van der Waals surface area contributed by atoms with Crippen LogP contribution in [0.25, 0.3) is 0 Å². The van der Waals surface area contributed by atoms with Crippen LogP contribution in [-0.2, 0) is 9.47 Å². The van der Waals surface area contributed by atoms with Crippen molar-refractivity contribution in [3.8, 4) is 0 Å². The van der Waals surface area contributed by atoms with E-state index in [9.17, 15) is 14.0 Å². The number of nitrogens with zero attached hydrogens (tertiary/aromatic N) is 1. The fourth-order valence-electron chi connectivity index (χ4n) is 4.12. The highest BCUT2D eigenvalue weighted by molar-refractivity contribution is 5.89. The summed E-state index contributed by atoms with van der Waals surface area (Å²) >= 11 is 0. The maximum atomic E-state index is 14.3. The zero-order valence-electron chi connectivity index (χ0n) is 17.8. The van der Waals surface area contributed by atoms with Gasteiger partial charge in [-0.25, -0.2) is 14.0 Å². The van der Waals surface area contributed by atoms with Crippen molar-refractivity contribution in [2.45, 2.75) is 83.9 Å². The van der Waals surface area contributed by atoms with Gasteiger partial charge in [0.15, 0.2) is 0 Å². The number of fused-ring (bicyclic) bond motifs is 2. The summed E-state index contributed by atoms with van der Waals surface area (Å²) in [6.45, 7) is 9.60. The van der Waals surface area contributed by atoms with E-state index >= 15 is 0 Å². The molecule has 2 heterocycles. The number of carbonyl (C=O) groups excluding carboxylic acids is 2. The summed E-state index contributed by atoms with van der Waals surface area (Å²) < 4.78 is 24.4. The topological polar surface area (TPSA) is 55.8 Å². The zero-order chi connectivity index (χ0) is 21.1. The van der Waals surface area contributed by atoms with Crippen molar-refractivity contribution in [2.24, 2.45) is 0 Å². The second-order valence-electron chi connectivity index (χ2n) is 8.17. The van der Waals surface area contributed by atoms with E-state index < -0.39 is 17.4 Å². The Hall–Kier alpha value is -2.11. The third kappa shape index (κ3) is 4.83. The molecule has 2 saturated heterocycles. The first-order chi connectivity index (χ1) is 13.2. The van der Waals surface area contributed by atoms with Gasteiger partial charge in [-0.3, -0.25) is 0 Å². The van der Waals surface area contributed by atoms with Crippen LogP contribution in [0.15, 0.2) is 18.2 Å². The number of rotatable bonds is 2. The number of hydrogen-bond donors (Lipinski definition) is 0. The maximum absolute atomic E-state index is 14.3. The molecule has 0 N–H and O–H groups in total. The molecule has 1 aromatic carbocycles. The Morgan fingerprint density at radius 2 is 1.68 bits per heavy atom. The van der Waals surface area contributed by atoms with Crippen LogP contribution >= 0.6 is 0 Å². The molecule has 0 radical (unpaired) electrons. The molecule has 2 atom stereocenters. The smallest absolute Gasteiger partial charge is 0.410 e. The molecule has 0 spiro atoms. The van der Waals surface area contributed by atoms with Gasteiger partial charge in [-0.15, -0.1) is 0 Å². The Labute approximate surface area is 167 Å². The third-order valence-electron chi connectivity index (χ3n) is 5.21. The van der Waals surface area contributed by atoms with Crippen molar-refractivity contribution in [1.29, 1.82) is 0 Å². The Kier molecular flexibility index (Phi) is 7.07. The first kappa shape index (κ1) is 22.2. The lowest BCUT2D eigenvalue weighted by Gasteiger charge is -2.39. The largest absolute Gasteiger partial charge is 0.465 e. The fraction of sp³-hybridized carbons (Fsp3) is 0.636. The number of hydrogen-bond acceptors (Lipinski definition) is 4. The number of ether oxygens (including phenoxy) is 2. The molecule has 28 heavy (non-hydrogen) atoms. The summed E-state index contributed by atoms with van der Waals surface area (Å²) in [4.78, 5) is 25.9. The minimum absolute atomic E-state index is 0.0505. The van der Waals surface area contributed by atoms with E-state index in [0.29, 0.717) is 0 Å². The van der Waals surface area contributed by atoms with Crippen molar-refractivity contribution in [1.82, 2.24) is 4.90 Å². The molecule has 3 rings (SSSR count). The number of esters is 1. The van der Waals surface area contributed by atoms with E-state index in [0.717, 1.165) is 31.2 Å². The molecule has 0 aliphatic carbocycles. The molecule has 2 fully saturated rings. The van der Waals surface area contributed by atoms with E-state index in [2.05, 4.69) is 4.74 Å². The maximum Gasteiger partial charge on any atom is 0.410 e. The standard InChI is InChI=1S/C20H26FNO4.C2H6/c1-20(2,3)26-19(24)22-14-6-7-15(22)10-13(9-14)12-5-8-16(17(21)11-12)18(23)25-4;1-2/h5,8,11,13-15H,6-7,9-10H2,1-4H3;1-2H3. The molecule has 6 heteroatoms. The third-order valence-corrected chi connectivity index (χ3v) is 5.21. The first-order valence-electron chi connectivity index (χ1n) is 10.1. The van der Waals surface area contributed by atoms with E-state index in [-0.39, 0.29) is 29.7 Å². The van der Waals surface area contributed by atoms with Crippen molar-refractivity contribution >= 4 is 12.1 Å². The molecular formula is C22H32FNO4. The molecule has 0 aromatic heterocycles. The van der Waals surface area contributed by atoms with Crippen LogP contribution in [0, 0.1) is 5.82 Å². The molecule has 1 aromatic rings. The highest BCUT2D eigenvalue weighted by Gasteiger charge is 2.45. The number of piperidine rings is 1. The Balaban J connectivity index is 0.00000136. The second kappa shape index (κ2) is 8.93. The molecule has 0 saturated carbocycles. The lowest BCUT2D eigenvalue weighted by molar-refractivity contribution is 0.00580. The van der Waals surface area contributed by atoms with Crippen LogP contribution in [0.1, 0.15) is 82.1 Å². The van der Waals surface area contributed by atoms with Crippen LogP contribution in [-0.4, -0.2) is 41.8 Å². The molecule has 2 aliphatic rings. The minimum Gasteiger partial charge on any atom is -0.465 e. The average molecular weight is 393 g/mol. The van der Waals surface area contributed by atoms with Gasteiger partial charge < -0.3 is 14.4 Å². The molecular weight excluding hydrogens is 361 g/mol. The summed E-state index contributed by atoms with van der Waals surface area (Å²) in [6, 6.07) is 4.95. The van der Waals surface area contributed by atoms with E-state index in [4.69, 9.17) is 4.74 Å². The molecule has 1 amide bonds. The van der Waals surface area contributed by atoms with Gasteiger partial charge in [0.2, 0.25) is 0 Å². The number of benzene rings is 1. The SMILES string of the molecule is CC.COC(=O)c1ccc(C2CC3CCC(C2)N3C(=O)OC(C)(C)C)cc1F. The van der Waals surface area contributed by atoms with Crippen LogP contribution in [0.2, 0.25) is 0 Å². The molecule has 2 bridgehead atoms. The van der Waals surface area contributed by atoms with Gasteiger partial charge in [0.1, 0.15) is 11.4 Å². The normalized spacial score (nSPS) is 23.5. The minimum atomic E-state index is -0.672. The summed E-state index contributed by atoms with van der Waals surface area (Å²) in [5.74, 6) is -1.06. The number of methoxy groups -OCH3 is 1. The van der Waals surface area contributed by atoms with Crippen molar-refractivity contribution in [3.05, 3.63) is 35.1 Å². The van der Waals surface area contributed by atoms with Crippen molar-refractivity contribution in [2.75, 3.05) is 7.11 Å². The van der Waals surface area contributed by atoms with E-state index in [1.807, 2.05) is 39.5 Å². The summed E-state index contributed by atoms with van der Waals surface area (Å²) in [7, 11) is 1.24. The Morgan fingerprint density at radius 1 is 1.11 bits per heavy atom. The van der Waals surface area contributed by atoms with Crippen LogP contribution in [0.3, 0.4) is 0 Å². The predicted octanol–water partition coefficient (Wildman–Crippen LogP) is 5.28. The lowest BCUT2D eigenvalue weighted by Crippen LogP contribution is -2.48. The summed E-state index contributed by atoms with van der Waals surface area (Å²) in [6.07, 6.45) is 3.21. The molecule has 5 nitrogen and oxygen atoms in total. The number of amides is 1. The average Bonchev–Trinajstić information content (AvgIpc) is 2.91. The van der Waals surface area contributed by atoms with Gasteiger partial charge >= 0.3 is 12.1 Å². The quantitative estimate of drug-likeness (QED) is 0.641. The number of halogens is 1. The summed E-state index contributed by atoms with van der Waals surface area (Å²) in [5, 5.41) is 0. The van der Waals surface area contributed by atoms with Crippen molar-refractivity contribution < 1.29 is 23.5 Å². The van der Waals surface area contributed by atoms with Crippen molar-refractivity contribution in [3.63, 3.8) is 0 Å². The number of carbonyl (C=O) groups is 2. The van der Waals surface area contributed by atoms with Gasteiger partial charge in [0.25, 0.3) is 0 Å². The van der Waals surface area contributed by atoms with Crippen LogP contribution in [0.5, 0.6) is 0 Å². The molecule has 2 unspecified atom stereocenters.